The van der Waals surface area contributed by atoms with Crippen molar-refractivity contribution in [2.45, 2.75) is 52.1 Å². The smallest absolute Gasteiger partial charge is 0.407 e. The number of carbonyl (C=O) groups is 4. The topological polar surface area (TPSA) is 126 Å². The van der Waals surface area contributed by atoms with Crippen molar-refractivity contribution >= 4 is 40.8 Å². The summed E-state index contributed by atoms with van der Waals surface area (Å²) in [7, 11) is 0. The van der Waals surface area contributed by atoms with E-state index in [2.05, 4.69) is 59.4 Å². The van der Waals surface area contributed by atoms with Gasteiger partial charge in [0.15, 0.2) is 0 Å². The summed E-state index contributed by atoms with van der Waals surface area (Å²) >= 11 is 0. The van der Waals surface area contributed by atoms with Gasteiger partial charge in [-0.15, -0.1) is 0 Å². The first-order chi connectivity index (χ1) is 27.1. The number of hydrogen-bond acceptors (Lipinski definition) is 5. The lowest BCUT2D eigenvalue weighted by atomic mass is 9.82. The van der Waals surface area contributed by atoms with Crippen molar-refractivity contribution in [1.29, 1.82) is 0 Å². The van der Waals surface area contributed by atoms with Crippen molar-refractivity contribution in [2.24, 2.45) is 11.8 Å². The lowest BCUT2D eigenvalue weighted by Crippen LogP contribution is -2.47. The van der Waals surface area contributed by atoms with Gasteiger partial charge in [-0.25, -0.2) is 4.79 Å². The van der Waals surface area contributed by atoms with E-state index in [1.807, 2.05) is 98.8 Å². The molecule has 1 aliphatic carbocycles. The van der Waals surface area contributed by atoms with Crippen molar-refractivity contribution in [1.82, 2.24) is 10.6 Å². The second-order valence-corrected chi connectivity index (χ2v) is 14.7. The van der Waals surface area contributed by atoms with Crippen LogP contribution >= 0.6 is 0 Å². The molecule has 0 spiro atoms. The molecule has 5 aromatic carbocycles. The van der Waals surface area contributed by atoms with Gasteiger partial charge >= 0.3 is 6.09 Å². The van der Waals surface area contributed by atoms with E-state index in [1.165, 1.54) is 0 Å². The number of rotatable bonds is 11. The number of fused-ring (bicyclic) bond motifs is 4. The van der Waals surface area contributed by atoms with Crippen molar-refractivity contribution in [3.05, 3.63) is 150 Å². The van der Waals surface area contributed by atoms with Gasteiger partial charge in [0.05, 0.1) is 6.04 Å². The predicted molar refractivity (Wildman–Crippen MR) is 221 cm³/mol. The Bertz CT molecular complexity index is 2290. The number of benzene rings is 5. The highest BCUT2D eigenvalue weighted by molar-refractivity contribution is 6.11. The van der Waals surface area contributed by atoms with Gasteiger partial charge in [-0.3, -0.25) is 14.4 Å². The maximum Gasteiger partial charge on any atom is 0.407 e. The van der Waals surface area contributed by atoms with Crippen LogP contribution in [0.5, 0.6) is 0 Å². The van der Waals surface area contributed by atoms with E-state index in [0.717, 1.165) is 39.8 Å². The van der Waals surface area contributed by atoms with Crippen LogP contribution in [0.25, 0.3) is 27.8 Å². The first kappa shape index (κ1) is 37.8. The fourth-order valence-electron chi connectivity index (χ4n) is 7.73. The Morgan fingerprint density at radius 3 is 1.75 bits per heavy atom. The first-order valence-corrected chi connectivity index (χ1v) is 19.2. The van der Waals surface area contributed by atoms with Crippen molar-refractivity contribution in [3.8, 4) is 22.3 Å². The first-order valence-electron chi connectivity index (χ1n) is 19.2. The minimum absolute atomic E-state index is 0.0995. The zero-order valence-electron chi connectivity index (χ0n) is 32.0. The Balaban J connectivity index is 1.07. The molecule has 0 saturated carbocycles. The SMILES string of the molecule is CC[C@H](C)[C@@H]1NC(=O)c2ccccc2C1=CC(=O)Nc1ccccc1-c1ccccc1NC(=O)[C@@H](NC(=O)OCC1c2ccccc2-c2ccccc21)C(C)C. The minimum Gasteiger partial charge on any atom is -0.449 e. The van der Waals surface area contributed by atoms with Crippen LogP contribution < -0.4 is 21.3 Å². The summed E-state index contributed by atoms with van der Waals surface area (Å²) in [6.07, 6.45) is 1.71. The van der Waals surface area contributed by atoms with Crippen molar-refractivity contribution in [2.75, 3.05) is 17.2 Å². The van der Waals surface area contributed by atoms with Gasteiger partial charge in [-0.05, 0) is 63.4 Å². The highest BCUT2D eigenvalue weighted by Crippen LogP contribution is 2.44. The molecule has 56 heavy (non-hydrogen) atoms. The molecular weight excluding hydrogens is 701 g/mol. The maximum atomic E-state index is 13.9. The Morgan fingerprint density at radius 1 is 0.679 bits per heavy atom. The second-order valence-electron chi connectivity index (χ2n) is 14.7. The fraction of sp³-hybridized carbons (Fsp3) is 0.234. The number of nitrogens with one attached hydrogen (secondary N) is 4. The third kappa shape index (κ3) is 7.71. The molecule has 4 amide bonds. The Morgan fingerprint density at radius 2 is 1.18 bits per heavy atom. The normalized spacial score (nSPS) is 16.2. The molecule has 0 radical (unpaired) electrons. The van der Waals surface area contributed by atoms with Gasteiger partial charge in [0.25, 0.3) is 5.91 Å². The van der Waals surface area contributed by atoms with E-state index >= 15 is 0 Å². The van der Waals surface area contributed by atoms with Crippen LogP contribution in [-0.4, -0.2) is 42.5 Å². The summed E-state index contributed by atoms with van der Waals surface area (Å²) < 4.78 is 5.78. The molecular formula is C47H46N4O5. The molecule has 0 unspecified atom stereocenters. The molecule has 0 fully saturated rings. The molecule has 4 N–H and O–H groups in total. The Hall–Kier alpha value is -6.48. The number of amides is 4. The average molecular weight is 747 g/mol. The van der Waals surface area contributed by atoms with E-state index in [-0.39, 0.29) is 42.2 Å². The quantitative estimate of drug-likeness (QED) is 0.100. The van der Waals surface area contributed by atoms with Crippen LogP contribution in [0.4, 0.5) is 16.2 Å². The highest BCUT2D eigenvalue weighted by atomic mass is 16.5. The monoisotopic (exact) mass is 746 g/mol. The number of hydrogen-bond donors (Lipinski definition) is 4. The van der Waals surface area contributed by atoms with Gasteiger partial charge < -0.3 is 26.0 Å². The van der Waals surface area contributed by atoms with Crippen LogP contribution in [-0.2, 0) is 14.3 Å². The lowest BCUT2D eigenvalue weighted by Gasteiger charge is -2.32. The molecule has 3 atom stereocenters. The summed E-state index contributed by atoms with van der Waals surface area (Å²) in [5.74, 6) is -1.16. The van der Waals surface area contributed by atoms with E-state index in [4.69, 9.17) is 4.74 Å². The molecule has 2 aliphatic rings. The van der Waals surface area contributed by atoms with Crippen LogP contribution in [0, 0.1) is 11.8 Å². The Labute approximate surface area is 327 Å². The third-order valence-corrected chi connectivity index (χ3v) is 10.8. The van der Waals surface area contributed by atoms with Gasteiger partial charge in [-0.2, -0.15) is 0 Å². The van der Waals surface area contributed by atoms with E-state index in [0.29, 0.717) is 28.1 Å². The summed E-state index contributed by atoms with van der Waals surface area (Å²) in [5.41, 5.74) is 8.92. The number of carbonyl (C=O) groups excluding carboxylic acids is 4. The molecule has 0 bridgehead atoms. The molecule has 5 aromatic rings. The summed E-state index contributed by atoms with van der Waals surface area (Å²) in [6, 6.07) is 37.1. The van der Waals surface area contributed by atoms with Crippen LogP contribution in [0.3, 0.4) is 0 Å². The van der Waals surface area contributed by atoms with E-state index < -0.39 is 18.0 Å². The number of ether oxygens (including phenoxy) is 1. The molecule has 0 saturated heterocycles. The fourth-order valence-corrected chi connectivity index (χ4v) is 7.73. The van der Waals surface area contributed by atoms with E-state index in [9.17, 15) is 19.2 Å². The van der Waals surface area contributed by atoms with Gasteiger partial charge in [-0.1, -0.05) is 137 Å². The molecule has 9 heteroatoms. The Kier molecular flexibility index (Phi) is 11.1. The maximum absolute atomic E-state index is 13.9. The van der Waals surface area contributed by atoms with Crippen LogP contribution in [0.15, 0.2) is 127 Å². The zero-order chi connectivity index (χ0) is 39.3. The van der Waals surface area contributed by atoms with Crippen LogP contribution in [0.2, 0.25) is 0 Å². The second kappa shape index (κ2) is 16.5. The van der Waals surface area contributed by atoms with E-state index in [1.54, 1.807) is 18.2 Å². The molecule has 9 nitrogen and oxygen atoms in total. The minimum atomic E-state index is -0.891. The predicted octanol–water partition coefficient (Wildman–Crippen LogP) is 9.04. The molecule has 284 valence electrons. The summed E-state index contributed by atoms with van der Waals surface area (Å²) in [4.78, 5) is 53.9. The van der Waals surface area contributed by atoms with Crippen LogP contribution in [0.1, 0.15) is 67.1 Å². The van der Waals surface area contributed by atoms with Crippen molar-refractivity contribution in [3.63, 3.8) is 0 Å². The average Bonchev–Trinajstić information content (AvgIpc) is 3.53. The zero-order valence-corrected chi connectivity index (χ0v) is 32.0. The summed E-state index contributed by atoms with van der Waals surface area (Å²) in [6.45, 7) is 7.97. The number of alkyl carbamates (subject to hydrolysis) is 1. The molecule has 1 heterocycles. The molecule has 1 aliphatic heterocycles. The number of para-hydroxylation sites is 2. The standard InChI is InChI=1S/C47H46N4O5/c1-5-29(4)44-38(34-20-10-11-23-37(34)45(53)50-44)26-42(52)48-40-24-14-12-21-35(40)36-22-13-15-25-41(36)49-46(54)43(28(2)3)51-47(55)56-27-39-32-18-8-6-16-30(32)31-17-7-9-19-33(31)39/h6-26,28-29,39,43-44H,5,27H2,1-4H3,(H,48,52)(H,49,54)(H,50,53)(H,51,55)/t29-,43-,44-/m0/s1. The number of anilines is 2. The highest BCUT2D eigenvalue weighted by Gasteiger charge is 2.33. The largest absolute Gasteiger partial charge is 0.449 e. The van der Waals surface area contributed by atoms with Gasteiger partial charge in [0.2, 0.25) is 11.8 Å². The third-order valence-electron chi connectivity index (χ3n) is 10.8. The van der Waals surface area contributed by atoms with Gasteiger partial charge in [0, 0.05) is 40.1 Å². The molecule has 7 rings (SSSR count). The van der Waals surface area contributed by atoms with Crippen molar-refractivity contribution < 1.29 is 23.9 Å². The van der Waals surface area contributed by atoms with Gasteiger partial charge in [0.1, 0.15) is 12.6 Å². The summed E-state index contributed by atoms with van der Waals surface area (Å²) in [5, 5.41) is 12.0. The lowest BCUT2D eigenvalue weighted by molar-refractivity contribution is -0.119. The molecule has 0 aromatic heterocycles.